The van der Waals surface area contributed by atoms with E-state index in [0.29, 0.717) is 35.8 Å². The third kappa shape index (κ3) is 4.76. The fourth-order valence-electron chi connectivity index (χ4n) is 3.54. The van der Waals surface area contributed by atoms with Crippen molar-refractivity contribution in [3.8, 4) is 11.5 Å². The van der Waals surface area contributed by atoms with Crippen molar-refractivity contribution in [2.24, 2.45) is 0 Å². The van der Waals surface area contributed by atoms with Gasteiger partial charge in [-0.1, -0.05) is 18.9 Å². The van der Waals surface area contributed by atoms with Gasteiger partial charge in [0.05, 0.1) is 24.8 Å². The minimum Gasteiger partial charge on any atom is -0.497 e. The molecule has 0 atom stereocenters. The van der Waals surface area contributed by atoms with E-state index < -0.39 is 15.9 Å². The zero-order chi connectivity index (χ0) is 21.7. The summed E-state index contributed by atoms with van der Waals surface area (Å²) in [7, 11) is -0.605. The highest BCUT2D eigenvalue weighted by atomic mass is 32.2. The summed E-state index contributed by atoms with van der Waals surface area (Å²) < 4.78 is 38.5. The smallest absolute Gasteiger partial charge is 0.255 e. The summed E-state index contributed by atoms with van der Waals surface area (Å²) >= 11 is 0. The molecule has 30 heavy (non-hydrogen) atoms. The van der Waals surface area contributed by atoms with E-state index in [9.17, 15) is 13.2 Å². The molecule has 0 saturated carbocycles. The van der Waals surface area contributed by atoms with Crippen LogP contribution in [0, 0.1) is 6.92 Å². The first kappa shape index (κ1) is 22.1. The lowest BCUT2D eigenvalue weighted by atomic mass is 10.1. The topological polar surface area (TPSA) is 84.9 Å². The van der Waals surface area contributed by atoms with Crippen LogP contribution in [0.2, 0.25) is 0 Å². The van der Waals surface area contributed by atoms with Crippen LogP contribution in [0.3, 0.4) is 0 Å². The summed E-state index contributed by atoms with van der Waals surface area (Å²) in [5.74, 6) is 0.643. The van der Waals surface area contributed by atoms with Gasteiger partial charge in [-0.25, -0.2) is 8.42 Å². The van der Waals surface area contributed by atoms with E-state index in [1.807, 2.05) is 0 Å². The Kier molecular flexibility index (Phi) is 6.99. The normalized spacial score (nSPS) is 15.3. The monoisotopic (exact) mass is 432 g/mol. The number of sulfonamides is 1. The number of carbonyl (C=O) groups excluding carboxylic acids is 1. The summed E-state index contributed by atoms with van der Waals surface area (Å²) in [6.07, 6.45) is 3.79. The second kappa shape index (κ2) is 9.49. The van der Waals surface area contributed by atoms with Crippen molar-refractivity contribution < 1.29 is 22.7 Å². The summed E-state index contributed by atoms with van der Waals surface area (Å²) in [6, 6.07) is 9.81. The molecular weight excluding hydrogens is 404 g/mol. The Bertz CT molecular complexity index is 1010. The van der Waals surface area contributed by atoms with Crippen LogP contribution in [-0.4, -0.2) is 45.9 Å². The Morgan fingerprint density at radius 1 is 0.967 bits per heavy atom. The Hall–Kier alpha value is -2.58. The predicted octanol–water partition coefficient (Wildman–Crippen LogP) is 3.83. The number of nitrogens with one attached hydrogen (secondary N) is 1. The number of carbonyl (C=O) groups is 1. The van der Waals surface area contributed by atoms with Crippen molar-refractivity contribution in [1.82, 2.24) is 4.31 Å². The minimum absolute atomic E-state index is 0.179. The van der Waals surface area contributed by atoms with Gasteiger partial charge in [0.2, 0.25) is 10.0 Å². The molecule has 2 aromatic rings. The summed E-state index contributed by atoms with van der Waals surface area (Å²) in [5, 5.41) is 2.79. The van der Waals surface area contributed by atoms with Gasteiger partial charge < -0.3 is 14.8 Å². The highest BCUT2D eigenvalue weighted by molar-refractivity contribution is 7.89. The van der Waals surface area contributed by atoms with E-state index in [4.69, 9.17) is 9.47 Å². The van der Waals surface area contributed by atoms with Crippen LogP contribution < -0.4 is 14.8 Å². The Morgan fingerprint density at radius 3 is 2.30 bits per heavy atom. The molecule has 1 fully saturated rings. The average molecular weight is 433 g/mol. The number of amides is 1. The van der Waals surface area contributed by atoms with Crippen molar-refractivity contribution >= 4 is 21.6 Å². The first-order valence-corrected chi connectivity index (χ1v) is 11.4. The molecule has 1 aliphatic rings. The number of hydrogen-bond acceptors (Lipinski definition) is 5. The van der Waals surface area contributed by atoms with E-state index in [1.54, 1.807) is 44.4 Å². The lowest BCUT2D eigenvalue weighted by Gasteiger charge is -2.21. The highest BCUT2D eigenvalue weighted by Crippen LogP contribution is 2.30. The molecule has 3 rings (SSSR count). The van der Waals surface area contributed by atoms with Crippen molar-refractivity contribution in [1.29, 1.82) is 0 Å². The second-order valence-corrected chi connectivity index (χ2v) is 9.23. The van der Waals surface area contributed by atoms with Gasteiger partial charge in [-0.15, -0.1) is 0 Å². The highest BCUT2D eigenvalue weighted by Gasteiger charge is 2.27. The first-order chi connectivity index (χ1) is 14.4. The molecule has 0 bridgehead atoms. The number of ether oxygens (including phenoxy) is 2. The lowest BCUT2D eigenvalue weighted by Crippen LogP contribution is -2.32. The van der Waals surface area contributed by atoms with E-state index in [-0.39, 0.29) is 10.5 Å². The van der Waals surface area contributed by atoms with Crippen molar-refractivity contribution in [2.45, 2.75) is 37.5 Å². The fourth-order valence-corrected chi connectivity index (χ4v) is 5.30. The molecule has 0 radical (unpaired) electrons. The van der Waals surface area contributed by atoms with Gasteiger partial charge in [0.25, 0.3) is 5.91 Å². The minimum atomic E-state index is -3.65. The fraction of sp³-hybridized carbons (Fsp3) is 0.409. The van der Waals surface area contributed by atoms with Crippen LogP contribution in [0.1, 0.15) is 41.6 Å². The average Bonchev–Trinajstić information content (AvgIpc) is 3.04. The number of rotatable bonds is 6. The summed E-state index contributed by atoms with van der Waals surface area (Å²) in [6.45, 7) is 2.78. The van der Waals surface area contributed by atoms with Crippen molar-refractivity contribution in [3.63, 3.8) is 0 Å². The third-order valence-electron chi connectivity index (χ3n) is 5.29. The van der Waals surface area contributed by atoms with Gasteiger partial charge in [-0.05, 0) is 49.6 Å². The number of methoxy groups -OCH3 is 2. The van der Waals surface area contributed by atoms with Gasteiger partial charge in [-0.3, -0.25) is 4.79 Å². The molecule has 1 heterocycles. The number of benzene rings is 2. The molecule has 0 unspecified atom stereocenters. The Morgan fingerprint density at radius 2 is 1.67 bits per heavy atom. The Balaban J connectivity index is 1.88. The van der Waals surface area contributed by atoms with Gasteiger partial charge in [-0.2, -0.15) is 4.31 Å². The molecule has 2 aromatic carbocycles. The molecule has 1 amide bonds. The zero-order valence-corrected chi connectivity index (χ0v) is 18.4. The lowest BCUT2D eigenvalue weighted by molar-refractivity contribution is 0.102. The van der Waals surface area contributed by atoms with Crippen LogP contribution in [-0.2, 0) is 10.0 Å². The van der Waals surface area contributed by atoms with Crippen molar-refractivity contribution in [2.75, 3.05) is 32.6 Å². The number of anilines is 1. The largest absolute Gasteiger partial charge is 0.497 e. The van der Waals surface area contributed by atoms with Gasteiger partial charge >= 0.3 is 0 Å². The van der Waals surface area contributed by atoms with Crippen LogP contribution in [0.15, 0.2) is 41.3 Å². The molecular formula is C22H28N2O5S. The first-order valence-electron chi connectivity index (χ1n) is 10.0. The Labute approximate surface area is 178 Å². The van der Waals surface area contributed by atoms with Crippen molar-refractivity contribution in [3.05, 3.63) is 47.5 Å². The van der Waals surface area contributed by atoms with E-state index in [2.05, 4.69) is 5.32 Å². The van der Waals surface area contributed by atoms with Gasteiger partial charge in [0, 0.05) is 24.7 Å². The van der Waals surface area contributed by atoms with Crippen LogP contribution in [0.25, 0.3) is 0 Å². The van der Waals surface area contributed by atoms with Crippen LogP contribution in [0.5, 0.6) is 11.5 Å². The summed E-state index contributed by atoms with van der Waals surface area (Å²) in [4.78, 5) is 13.0. The molecule has 1 aliphatic heterocycles. The third-order valence-corrected chi connectivity index (χ3v) is 7.33. The number of hydrogen-bond donors (Lipinski definition) is 1. The maximum absolute atomic E-state index is 13.2. The maximum atomic E-state index is 13.2. The number of aryl methyl sites for hydroxylation is 1. The van der Waals surface area contributed by atoms with E-state index in [0.717, 1.165) is 25.7 Å². The molecule has 0 aliphatic carbocycles. The van der Waals surface area contributed by atoms with Crippen LogP contribution >= 0.6 is 0 Å². The predicted molar refractivity (Wildman–Crippen MR) is 116 cm³/mol. The quantitative estimate of drug-likeness (QED) is 0.750. The standard InChI is InChI=1S/C22H28N2O5S/c1-16-8-9-17(14-21(16)30(26,27)24-12-6-4-5-7-13-24)22(25)23-19-11-10-18(28-2)15-20(19)29-3/h8-11,14-15H,4-7,12-13H2,1-3H3,(H,23,25). The second-order valence-electron chi connectivity index (χ2n) is 7.32. The molecule has 0 spiro atoms. The van der Waals surface area contributed by atoms with Gasteiger partial charge in [0.1, 0.15) is 11.5 Å². The molecule has 0 aromatic heterocycles. The van der Waals surface area contributed by atoms with E-state index in [1.165, 1.54) is 17.5 Å². The molecule has 8 heteroatoms. The molecule has 162 valence electrons. The molecule has 1 N–H and O–H groups in total. The summed E-state index contributed by atoms with van der Waals surface area (Å²) in [5.41, 5.74) is 1.37. The SMILES string of the molecule is COc1ccc(NC(=O)c2ccc(C)c(S(=O)(=O)N3CCCCCC3)c2)c(OC)c1. The zero-order valence-electron chi connectivity index (χ0n) is 17.6. The van der Waals surface area contributed by atoms with Gasteiger partial charge in [0.15, 0.2) is 0 Å². The van der Waals surface area contributed by atoms with Crippen LogP contribution in [0.4, 0.5) is 5.69 Å². The maximum Gasteiger partial charge on any atom is 0.255 e. The van der Waals surface area contributed by atoms with E-state index >= 15 is 0 Å². The molecule has 1 saturated heterocycles. The number of nitrogens with zero attached hydrogens (tertiary/aromatic N) is 1. The molecule has 7 nitrogen and oxygen atoms in total.